The number of piperazine rings is 1. The number of H-pyrrole nitrogens is 1. The van der Waals surface area contributed by atoms with Crippen LogP contribution in [0.15, 0.2) is 56.3 Å². The average Bonchev–Trinajstić information content (AvgIpc) is 3.61. The second kappa shape index (κ2) is 15.4. The first-order valence-corrected chi connectivity index (χ1v) is 19.9. The molecule has 1 aromatic heterocycles. The largest absolute Gasteiger partial charge is 0.416 e. The third kappa shape index (κ3) is 8.20. The molecule has 4 N–H and O–H groups in total. The molecule has 7 rings (SSSR count). The Bertz CT molecular complexity index is 1850. The first-order chi connectivity index (χ1) is 25.2. The number of rotatable bonds is 7. The van der Waals surface area contributed by atoms with Crippen molar-refractivity contribution < 1.29 is 22.8 Å². The highest BCUT2D eigenvalue weighted by molar-refractivity contribution is 9.11. The molecule has 2 bridgehead atoms. The van der Waals surface area contributed by atoms with Crippen LogP contribution in [-0.4, -0.2) is 112 Å². The molecule has 0 radical (unpaired) electrons. The Morgan fingerprint density at radius 2 is 1.55 bits per heavy atom. The normalized spacial score (nSPS) is 23.7. The van der Waals surface area contributed by atoms with Crippen LogP contribution in [0.2, 0.25) is 0 Å². The molecule has 2 unspecified atom stereocenters. The van der Waals surface area contributed by atoms with Gasteiger partial charge in [0.15, 0.2) is 0 Å². The van der Waals surface area contributed by atoms with E-state index < -0.39 is 23.5 Å². The smallest absolute Gasteiger partial charge is 0.397 e. The molecule has 16 heteroatoms. The molecular weight excluding hydrogens is 821 g/mol. The maximum Gasteiger partial charge on any atom is 0.416 e. The highest BCUT2D eigenvalue weighted by atomic mass is 79.9. The quantitative estimate of drug-likeness (QED) is 0.263. The number of likely N-dealkylation sites (tertiary alicyclic amines) is 1. The van der Waals surface area contributed by atoms with Crippen molar-refractivity contribution in [1.82, 2.24) is 34.5 Å². The van der Waals surface area contributed by atoms with E-state index in [1.807, 2.05) is 17.0 Å². The topological polar surface area (TPSA) is 123 Å². The minimum absolute atomic E-state index is 0.124. The Hall–Kier alpha value is -3.34. The van der Waals surface area contributed by atoms with E-state index in [1.54, 1.807) is 11.1 Å². The number of carbonyl (C=O) groups is 2. The number of fused-ring (bicyclic) bond motifs is 2. The van der Waals surface area contributed by atoms with Crippen molar-refractivity contribution in [1.29, 1.82) is 0 Å². The number of piperidine rings is 2. The van der Waals surface area contributed by atoms with Gasteiger partial charge in [-0.3, -0.25) is 14.3 Å². The Morgan fingerprint density at radius 3 is 2.17 bits per heavy atom. The number of nitrogens with one attached hydrogen (secondary N) is 2. The third-order valence-corrected chi connectivity index (χ3v) is 13.1. The zero-order valence-electron chi connectivity index (χ0n) is 29.5. The van der Waals surface area contributed by atoms with Gasteiger partial charge in [-0.2, -0.15) is 13.2 Å². The summed E-state index contributed by atoms with van der Waals surface area (Å²) < 4.78 is 42.8. The summed E-state index contributed by atoms with van der Waals surface area (Å²) in [6.45, 7) is 3.48. The summed E-state index contributed by atoms with van der Waals surface area (Å²) >= 11 is 7.01. The van der Waals surface area contributed by atoms with E-state index in [0.717, 1.165) is 30.8 Å². The number of hydrogen-bond acceptors (Lipinski definition) is 6. The minimum Gasteiger partial charge on any atom is -0.397 e. The van der Waals surface area contributed by atoms with Crippen LogP contribution in [0, 0.1) is 0 Å². The van der Waals surface area contributed by atoms with Crippen molar-refractivity contribution in [2.45, 2.75) is 81.3 Å². The number of anilines is 1. The van der Waals surface area contributed by atoms with E-state index in [-0.39, 0.29) is 30.0 Å². The van der Waals surface area contributed by atoms with Gasteiger partial charge in [0.25, 0.3) is 0 Å². The van der Waals surface area contributed by atoms with Gasteiger partial charge in [0.05, 0.1) is 16.9 Å². The molecule has 286 valence electrons. The zero-order chi connectivity index (χ0) is 37.6. The number of halogens is 5. The second-order valence-electron chi connectivity index (χ2n) is 14.9. The molecular formula is C37H45Br2F3N8O3. The molecule has 4 saturated heterocycles. The van der Waals surface area contributed by atoms with Gasteiger partial charge in [0.2, 0.25) is 5.91 Å². The van der Waals surface area contributed by atoms with E-state index in [1.165, 1.54) is 42.4 Å². The maximum absolute atomic E-state index is 14.2. The van der Waals surface area contributed by atoms with Gasteiger partial charge in [0, 0.05) is 90.6 Å². The number of nitrogens with two attached hydrogens (primary N) is 1. The van der Waals surface area contributed by atoms with Gasteiger partial charge < -0.3 is 30.7 Å². The van der Waals surface area contributed by atoms with Crippen LogP contribution in [0.25, 0.3) is 11.3 Å². The monoisotopic (exact) mass is 864 g/mol. The lowest BCUT2D eigenvalue weighted by Gasteiger charge is -2.45. The van der Waals surface area contributed by atoms with E-state index in [9.17, 15) is 27.6 Å². The van der Waals surface area contributed by atoms with Gasteiger partial charge in [-0.25, -0.2) is 9.59 Å². The summed E-state index contributed by atoms with van der Waals surface area (Å²) in [5.41, 5.74) is 6.86. The summed E-state index contributed by atoms with van der Waals surface area (Å²) in [5, 5.41) is 3.04. The van der Waals surface area contributed by atoms with Crippen LogP contribution < -0.4 is 16.7 Å². The summed E-state index contributed by atoms with van der Waals surface area (Å²) in [7, 11) is 2.25. The number of aromatic nitrogens is 2. The van der Waals surface area contributed by atoms with Gasteiger partial charge in [-0.15, -0.1) is 0 Å². The van der Waals surface area contributed by atoms with Crippen LogP contribution in [0.5, 0.6) is 0 Å². The summed E-state index contributed by atoms with van der Waals surface area (Å²) in [5.74, 6) is -0.124. The van der Waals surface area contributed by atoms with Crippen LogP contribution in [-0.2, 0) is 17.4 Å². The van der Waals surface area contributed by atoms with Crippen LogP contribution >= 0.6 is 31.9 Å². The fourth-order valence-electron chi connectivity index (χ4n) is 8.68. The predicted molar refractivity (Wildman–Crippen MR) is 203 cm³/mol. The van der Waals surface area contributed by atoms with Crippen LogP contribution in [0.1, 0.15) is 55.7 Å². The molecule has 11 nitrogen and oxygen atoms in total. The Labute approximate surface area is 323 Å². The molecule has 3 amide bonds. The Morgan fingerprint density at radius 1 is 0.906 bits per heavy atom. The van der Waals surface area contributed by atoms with Gasteiger partial charge in [-0.1, -0.05) is 12.1 Å². The maximum atomic E-state index is 14.2. The molecule has 0 spiro atoms. The van der Waals surface area contributed by atoms with Crippen molar-refractivity contribution in [2.24, 2.45) is 0 Å². The zero-order valence-corrected chi connectivity index (χ0v) is 32.7. The highest BCUT2D eigenvalue weighted by Gasteiger charge is 2.41. The molecule has 0 saturated carbocycles. The average molecular weight is 867 g/mol. The van der Waals surface area contributed by atoms with Gasteiger partial charge >= 0.3 is 17.9 Å². The molecule has 4 aliphatic heterocycles. The van der Waals surface area contributed by atoms with Crippen molar-refractivity contribution in [3.8, 4) is 11.3 Å². The summed E-state index contributed by atoms with van der Waals surface area (Å²) in [6.07, 6.45) is 3.12. The number of carbonyl (C=O) groups excluding carboxylic acids is 2. The van der Waals surface area contributed by atoms with Crippen molar-refractivity contribution in [3.63, 3.8) is 0 Å². The molecule has 3 aromatic rings. The van der Waals surface area contributed by atoms with E-state index in [0.29, 0.717) is 77.5 Å². The lowest BCUT2D eigenvalue weighted by Crippen LogP contribution is -2.59. The fourth-order valence-corrected chi connectivity index (χ4v) is 9.96. The highest BCUT2D eigenvalue weighted by Crippen LogP contribution is 2.37. The van der Waals surface area contributed by atoms with Gasteiger partial charge in [-0.05, 0) is 107 Å². The predicted octanol–water partition coefficient (Wildman–Crippen LogP) is 5.70. The first-order valence-electron chi connectivity index (χ1n) is 18.3. The van der Waals surface area contributed by atoms with Crippen LogP contribution in [0.4, 0.5) is 23.7 Å². The fraction of sp³-hybridized carbons (Fsp3) is 0.541. The Balaban J connectivity index is 0.998. The van der Waals surface area contributed by atoms with Crippen molar-refractivity contribution >= 4 is 49.5 Å². The first kappa shape index (κ1) is 38.0. The van der Waals surface area contributed by atoms with E-state index >= 15 is 0 Å². The number of amides is 3. The number of urea groups is 1. The molecule has 3 atom stereocenters. The number of alkyl halides is 3. The standard InChI is InChI=1S/C37H45Br2F3N8O3/c1-46-26-5-6-27(46)20-28(19-26)47-11-13-48(14-12-47)34(51)31(17-22-15-29(38)33(43)30(39)16-22)44-35(52)49-9-7-25(8-10-49)50-21-32(45-36(50)53)23-3-2-4-24(18-23)37(40,41)42/h2-4,15-16,18,21,25-28,31H,5-14,17,19-20,43H2,1H3,(H,44,52)(H,45,53)/t26?,27?,28?,31-/m0/s1. The number of imidazole rings is 1. The SMILES string of the molecule is CN1C2CCC1CC(N1CCN(C(=O)[C@H](Cc3cc(Br)c(N)c(Br)c3)NC(=O)N3CCC(n4cc(-c5cccc(C(F)(F)F)c5)[nH]c4=O)CC3)CC1)C2. The lowest BCUT2D eigenvalue weighted by molar-refractivity contribution is -0.137. The third-order valence-electron chi connectivity index (χ3n) is 11.8. The second-order valence-corrected chi connectivity index (χ2v) is 16.6. The number of hydrogen-bond donors (Lipinski definition) is 3. The molecule has 2 aromatic carbocycles. The molecule has 0 aliphatic carbocycles. The molecule has 53 heavy (non-hydrogen) atoms. The Kier molecular flexibility index (Phi) is 11.0. The van der Waals surface area contributed by atoms with Gasteiger partial charge in [0.1, 0.15) is 6.04 Å². The van der Waals surface area contributed by atoms with Crippen LogP contribution in [0.3, 0.4) is 0 Å². The van der Waals surface area contributed by atoms with Crippen molar-refractivity contribution in [2.75, 3.05) is 52.0 Å². The van der Waals surface area contributed by atoms with E-state index in [2.05, 4.69) is 59.0 Å². The lowest BCUT2D eigenvalue weighted by atomic mass is 9.96. The number of nitrogen functional groups attached to an aromatic ring is 1. The minimum atomic E-state index is -4.50. The number of aromatic amines is 1. The molecule has 5 heterocycles. The van der Waals surface area contributed by atoms with Crippen molar-refractivity contribution in [3.05, 3.63) is 73.2 Å². The number of benzene rings is 2. The number of nitrogens with zero attached hydrogens (tertiary/aromatic N) is 5. The molecule has 4 fully saturated rings. The molecule has 4 aliphatic rings. The van der Waals surface area contributed by atoms with E-state index in [4.69, 9.17) is 5.73 Å². The summed E-state index contributed by atoms with van der Waals surface area (Å²) in [4.78, 5) is 52.2. The summed E-state index contributed by atoms with van der Waals surface area (Å²) in [6, 6.07) is 8.99.